The van der Waals surface area contributed by atoms with E-state index in [2.05, 4.69) is 0 Å². The summed E-state index contributed by atoms with van der Waals surface area (Å²) in [6, 6.07) is 23.4. The number of nitrogens with zero attached hydrogens (tertiary/aromatic N) is 2. The van der Waals surface area contributed by atoms with Gasteiger partial charge in [-0.05, 0) is 61.2 Å². The van der Waals surface area contributed by atoms with Gasteiger partial charge in [0, 0.05) is 24.8 Å². The Hall–Kier alpha value is -2.67. The molecule has 1 amide bonds. The molecule has 0 saturated carbocycles. The molecule has 0 bridgehead atoms. The fourth-order valence-electron chi connectivity index (χ4n) is 4.23. The smallest absolute Gasteiger partial charge is 0.260 e. The molecular weight excluding hydrogens is 456 g/mol. The van der Waals surface area contributed by atoms with Crippen molar-refractivity contribution in [2.45, 2.75) is 37.1 Å². The second-order valence-corrected chi connectivity index (χ2v) is 10.5. The lowest BCUT2D eigenvalue weighted by molar-refractivity contribution is 0.0968. The topological polar surface area (TPSA) is 57.7 Å². The van der Waals surface area contributed by atoms with Crippen LogP contribution >= 0.6 is 11.6 Å². The van der Waals surface area contributed by atoms with E-state index in [0.717, 1.165) is 17.7 Å². The highest BCUT2D eigenvalue weighted by Gasteiger charge is 2.34. The summed E-state index contributed by atoms with van der Waals surface area (Å²) in [5, 5.41) is 0.402. The Morgan fingerprint density at radius 1 is 0.939 bits per heavy atom. The van der Waals surface area contributed by atoms with E-state index in [9.17, 15) is 13.2 Å². The second kappa shape index (κ2) is 10.1. The van der Waals surface area contributed by atoms with Gasteiger partial charge in [-0.2, -0.15) is 4.31 Å². The highest BCUT2D eigenvalue weighted by molar-refractivity contribution is 7.89. The highest BCUT2D eigenvalue weighted by Crippen LogP contribution is 2.30. The van der Waals surface area contributed by atoms with Gasteiger partial charge in [-0.3, -0.25) is 4.79 Å². The fourth-order valence-corrected chi connectivity index (χ4v) is 5.92. The van der Waals surface area contributed by atoms with E-state index in [-0.39, 0.29) is 11.9 Å². The van der Waals surface area contributed by atoms with Crippen LogP contribution in [0, 0.1) is 0 Å². The maximum atomic E-state index is 13.5. The number of hydrogen-bond acceptors (Lipinski definition) is 3. The van der Waals surface area contributed by atoms with Crippen LogP contribution in [0.25, 0.3) is 0 Å². The van der Waals surface area contributed by atoms with Crippen molar-refractivity contribution >= 4 is 33.2 Å². The van der Waals surface area contributed by atoms with E-state index in [1.165, 1.54) is 4.31 Å². The minimum Gasteiger partial charge on any atom is -0.305 e. The largest absolute Gasteiger partial charge is 0.305 e. The van der Waals surface area contributed by atoms with Gasteiger partial charge in [0.15, 0.2) is 0 Å². The van der Waals surface area contributed by atoms with Crippen LogP contribution in [0.5, 0.6) is 0 Å². The first kappa shape index (κ1) is 23.5. The summed E-state index contributed by atoms with van der Waals surface area (Å²) in [5.41, 5.74) is 2.32. The first-order valence-electron chi connectivity index (χ1n) is 11.1. The zero-order valence-electron chi connectivity index (χ0n) is 18.5. The molecule has 1 fully saturated rings. The van der Waals surface area contributed by atoms with Gasteiger partial charge in [-0.25, -0.2) is 8.42 Å². The summed E-state index contributed by atoms with van der Waals surface area (Å²) >= 11 is 6.33. The monoisotopic (exact) mass is 482 g/mol. The van der Waals surface area contributed by atoms with Gasteiger partial charge < -0.3 is 4.90 Å². The standard InChI is InChI=1S/C26H27ClN2O3S/c1-2-20-12-14-23(15-13-20)33(31,32)28-18-16-22(17-19-28)29(21-8-4-3-5-9-21)26(30)24-10-6-7-11-25(24)27/h3-15,22H,2,16-19H2,1H3. The predicted molar refractivity (Wildman–Crippen MR) is 132 cm³/mol. The summed E-state index contributed by atoms with van der Waals surface area (Å²) in [5.74, 6) is -0.178. The lowest BCUT2D eigenvalue weighted by atomic mass is 10.0. The number of hydrogen-bond donors (Lipinski definition) is 0. The molecule has 0 aromatic heterocycles. The van der Waals surface area contributed by atoms with E-state index in [0.29, 0.717) is 41.4 Å². The number of piperidine rings is 1. The SMILES string of the molecule is CCc1ccc(S(=O)(=O)N2CCC(N(C(=O)c3ccccc3Cl)c3ccccc3)CC2)cc1. The molecule has 1 aliphatic rings. The molecule has 33 heavy (non-hydrogen) atoms. The van der Waals surface area contributed by atoms with Gasteiger partial charge >= 0.3 is 0 Å². The van der Waals surface area contributed by atoms with E-state index < -0.39 is 10.0 Å². The number of aryl methyl sites for hydroxylation is 1. The number of amides is 1. The number of halogens is 1. The molecule has 7 heteroatoms. The second-order valence-electron chi connectivity index (χ2n) is 8.12. The molecule has 3 aromatic carbocycles. The van der Waals surface area contributed by atoms with Crippen molar-refractivity contribution in [3.05, 3.63) is 95.0 Å². The Balaban J connectivity index is 1.56. The summed E-state index contributed by atoms with van der Waals surface area (Å²) in [7, 11) is -3.57. The van der Waals surface area contributed by atoms with Crippen LogP contribution in [0.15, 0.2) is 83.8 Å². The molecule has 0 spiro atoms. The van der Waals surface area contributed by atoms with Gasteiger partial charge in [0.05, 0.1) is 15.5 Å². The molecule has 3 aromatic rings. The number of sulfonamides is 1. The third-order valence-corrected chi connectivity index (χ3v) is 8.36. The Morgan fingerprint density at radius 2 is 1.55 bits per heavy atom. The van der Waals surface area contributed by atoms with E-state index in [1.807, 2.05) is 49.4 Å². The van der Waals surface area contributed by atoms with Crippen molar-refractivity contribution < 1.29 is 13.2 Å². The molecule has 0 N–H and O–H groups in total. The third kappa shape index (κ3) is 4.98. The summed E-state index contributed by atoms with van der Waals surface area (Å²) in [6.45, 7) is 2.74. The van der Waals surface area contributed by atoms with Crippen LogP contribution in [-0.2, 0) is 16.4 Å². The summed E-state index contributed by atoms with van der Waals surface area (Å²) < 4.78 is 27.8. The third-order valence-electron chi connectivity index (χ3n) is 6.12. The van der Waals surface area contributed by atoms with Crippen molar-refractivity contribution in [2.24, 2.45) is 0 Å². The molecule has 1 aliphatic heterocycles. The number of para-hydroxylation sites is 1. The first-order valence-corrected chi connectivity index (χ1v) is 13.0. The van der Waals surface area contributed by atoms with Crippen LogP contribution < -0.4 is 4.90 Å². The number of carbonyl (C=O) groups excluding carboxylic acids is 1. The average Bonchev–Trinajstić information content (AvgIpc) is 2.85. The van der Waals surface area contributed by atoms with Crippen molar-refractivity contribution in [2.75, 3.05) is 18.0 Å². The maximum Gasteiger partial charge on any atom is 0.260 e. The first-order chi connectivity index (χ1) is 15.9. The van der Waals surface area contributed by atoms with Gasteiger partial charge in [-0.1, -0.05) is 61.0 Å². The van der Waals surface area contributed by atoms with Gasteiger partial charge in [0.1, 0.15) is 0 Å². The number of anilines is 1. The number of benzene rings is 3. The minimum atomic E-state index is -3.57. The average molecular weight is 483 g/mol. The quantitative estimate of drug-likeness (QED) is 0.472. The molecule has 5 nitrogen and oxygen atoms in total. The Morgan fingerprint density at radius 3 is 2.15 bits per heavy atom. The Labute approximate surface area is 200 Å². The minimum absolute atomic E-state index is 0.134. The molecule has 4 rings (SSSR count). The summed E-state index contributed by atoms with van der Waals surface area (Å²) in [6.07, 6.45) is 1.94. The van der Waals surface area contributed by atoms with E-state index in [4.69, 9.17) is 11.6 Å². The van der Waals surface area contributed by atoms with Crippen LogP contribution in [-0.4, -0.2) is 37.8 Å². The van der Waals surface area contributed by atoms with Gasteiger partial charge in [-0.15, -0.1) is 0 Å². The van der Waals surface area contributed by atoms with Crippen LogP contribution in [0.2, 0.25) is 5.02 Å². The van der Waals surface area contributed by atoms with Crippen LogP contribution in [0.4, 0.5) is 5.69 Å². The molecule has 1 heterocycles. The zero-order valence-corrected chi connectivity index (χ0v) is 20.1. The summed E-state index contributed by atoms with van der Waals surface area (Å²) in [4.78, 5) is 15.6. The molecule has 0 unspecified atom stereocenters. The van der Waals surface area contributed by atoms with Crippen molar-refractivity contribution in [1.29, 1.82) is 0 Å². The molecule has 0 radical (unpaired) electrons. The molecular formula is C26H27ClN2O3S. The molecule has 1 saturated heterocycles. The zero-order chi connectivity index (χ0) is 23.4. The highest BCUT2D eigenvalue weighted by atomic mass is 35.5. The number of carbonyl (C=O) groups is 1. The van der Waals surface area contributed by atoms with E-state index in [1.54, 1.807) is 41.3 Å². The van der Waals surface area contributed by atoms with Crippen molar-refractivity contribution in [1.82, 2.24) is 4.31 Å². The molecule has 0 atom stereocenters. The van der Waals surface area contributed by atoms with Crippen LogP contribution in [0.3, 0.4) is 0 Å². The Bertz CT molecular complexity index is 1210. The normalized spacial score (nSPS) is 15.3. The molecule has 172 valence electrons. The van der Waals surface area contributed by atoms with E-state index >= 15 is 0 Å². The van der Waals surface area contributed by atoms with Crippen molar-refractivity contribution in [3.63, 3.8) is 0 Å². The van der Waals surface area contributed by atoms with Crippen LogP contribution in [0.1, 0.15) is 35.7 Å². The maximum absolute atomic E-state index is 13.5. The lowest BCUT2D eigenvalue weighted by Crippen LogP contribution is -2.49. The Kier molecular flexibility index (Phi) is 7.17. The van der Waals surface area contributed by atoms with Crippen molar-refractivity contribution in [3.8, 4) is 0 Å². The lowest BCUT2D eigenvalue weighted by Gasteiger charge is -2.38. The van der Waals surface area contributed by atoms with Gasteiger partial charge in [0.2, 0.25) is 10.0 Å². The molecule has 0 aliphatic carbocycles. The fraction of sp³-hybridized carbons (Fsp3) is 0.269. The predicted octanol–water partition coefficient (Wildman–Crippen LogP) is 5.40. The van der Waals surface area contributed by atoms with Gasteiger partial charge in [0.25, 0.3) is 5.91 Å². The number of rotatable bonds is 6.